The Morgan fingerprint density at radius 1 is 1.64 bits per heavy atom. The van der Waals surface area contributed by atoms with Crippen LogP contribution in [-0.4, -0.2) is 17.0 Å². The molecule has 2 atom stereocenters. The number of halogens is 1. The van der Waals surface area contributed by atoms with E-state index in [2.05, 4.69) is 30.1 Å². The van der Waals surface area contributed by atoms with Crippen molar-refractivity contribution in [2.45, 2.75) is 31.2 Å². The zero-order valence-corrected chi connectivity index (χ0v) is 10.5. The van der Waals surface area contributed by atoms with E-state index < -0.39 is 0 Å². The largest absolute Gasteiger partial charge is 0.309 e. The van der Waals surface area contributed by atoms with E-state index in [0.29, 0.717) is 6.04 Å². The first-order valence-corrected chi connectivity index (χ1v) is 7.13. The molecule has 0 bridgehead atoms. The summed E-state index contributed by atoms with van der Waals surface area (Å²) in [4.78, 5) is 0. The van der Waals surface area contributed by atoms with Crippen molar-refractivity contribution in [1.29, 1.82) is 0 Å². The van der Waals surface area contributed by atoms with Crippen LogP contribution in [0.1, 0.15) is 18.9 Å². The Morgan fingerprint density at radius 2 is 2.50 bits per heavy atom. The van der Waals surface area contributed by atoms with Crippen LogP contribution in [0.25, 0.3) is 0 Å². The van der Waals surface area contributed by atoms with Gasteiger partial charge in [0, 0.05) is 23.6 Å². The highest BCUT2D eigenvalue weighted by molar-refractivity contribution is 8.00. The van der Waals surface area contributed by atoms with Gasteiger partial charge in [0.1, 0.15) is 0 Å². The summed E-state index contributed by atoms with van der Waals surface area (Å²) in [5, 5.41) is 6.41. The lowest BCUT2D eigenvalue weighted by Gasteiger charge is -2.10. The molecule has 1 aromatic heterocycles. The topological polar surface area (TPSA) is 12.0 Å². The van der Waals surface area contributed by atoms with E-state index >= 15 is 0 Å². The Labute approximate surface area is 98.2 Å². The van der Waals surface area contributed by atoms with Crippen LogP contribution in [0.5, 0.6) is 0 Å². The van der Waals surface area contributed by atoms with Crippen LogP contribution in [0.3, 0.4) is 0 Å². The molecule has 2 heterocycles. The molecule has 0 aromatic carbocycles. The predicted octanol–water partition coefficient (Wildman–Crippen LogP) is 3.39. The second-order valence-electron chi connectivity index (χ2n) is 3.68. The summed E-state index contributed by atoms with van der Waals surface area (Å²) in [6.45, 7) is 3.21. The van der Waals surface area contributed by atoms with Gasteiger partial charge in [0.2, 0.25) is 0 Å². The number of thioether (sulfide) groups is 1. The monoisotopic (exact) mass is 247 g/mol. The van der Waals surface area contributed by atoms with Crippen molar-refractivity contribution >= 4 is 34.7 Å². The zero-order valence-electron chi connectivity index (χ0n) is 8.13. The molecule has 0 aliphatic carbocycles. The number of nitrogens with one attached hydrogen (secondary N) is 1. The number of hydrogen-bond donors (Lipinski definition) is 1. The van der Waals surface area contributed by atoms with Crippen molar-refractivity contribution in [3.8, 4) is 0 Å². The third-order valence-corrected chi connectivity index (χ3v) is 5.08. The molecular formula is C10H14ClNS2. The van der Waals surface area contributed by atoms with Gasteiger partial charge < -0.3 is 5.32 Å². The fourth-order valence-electron chi connectivity index (χ4n) is 1.66. The summed E-state index contributed by atoms with van der Waals surface area (Å²) < 4.78 is 0.927. The van der Waals surface area contributed by atoms with E-state index in [1.165, 1.54) is 17.7 Å². The molecule has 0 saturated carbocycles. The molecule has 78 valence electrons. The van der Waals surface area contributed by atoms with Crippen LogP contribution < -0.4 is 5.32 Å². The second kappa shape index (κ2) is 4.88. The molecular weight excluding hydrogens is 234 g/mol. The Bertz CT molecular complexity index is 300. The van der Waals surface area contributed by atoms with Gasteiger partial charge >= 0.3 is 0 Å². The molecule has 1 saturated heterocycles. The summed E-state index contributed by atoms with van der Waals surface area (Å²) in [5.74, 6) is 1.24. The number of thiophene rings is 1. The molecule has 2 unspecified atom stereocenters. The van der Waals surface area contributed by atoms with E-state index in [4.69, 9.17) is 11.6 Å². The van der Waals surface area contributed by atoms with Gasteiger partial charge in [0.15, 0.2) is 0 Å². The molecule has 0 spiro atoms. The summed E-state index contributed by atoms with van der Waals surface area (Å²) >= 11 is 9.69. The van der Waals surface area contributed by atoms with Gasteiger partial charge in [-0.05, 0) is 23.4 Å². The zero-order chi connectivity index (χ0) is 9.97. The third kappa shape index (κ3) is 2.66. The highest BCUT2D eigenvalue weighted by atomic mass is 35.5. The number of hydrogen-bond acceptors (Lipinski definition) is 3. The first kappa shape index (κ1) is 10.8. The molecule has 1 aliphatic rings. The highest BCUT2D eigenvalue weighted by Crippen LogP contribution is 2.27. The summed E-state index contributed by atoms with van der Waals surface area (Å²) in [5.41, 5.74) is 1.24. The normalized spacial score (nSPS) is 27.0. The molecule has 14 heavy (non-hydrogen) atoms. The van der Waals surface area contributed by atoms with E-state index in [9.17, 15) is 0 Å². The predicted molar refractivity (Wildman–Crippen MR) is 66.5 cm³/mol. The molecule has 1 fully saturated rings. The Kier molecular flexibility index (Phi) is 3.77. The molecule has 0 radical (unpaired) electrons. The molecule has 4 heteroatoms. The van der Waals surface area contributed by atoms with E-state index in [-0.39, 0.29) is 0 Å². The Morgan fingerprint density at radius 3 is 3.07 bits per heavy atom. The van der Waals surface area contributed by atoms with Crippen LogP contribution in [0.15, 0.2) is 11.4 Å². The summed E-state index contributed by atoms with van der Waals surface area (Å²) in [6.07, 6.45) is 1.28. The fraction of sp³-hybridized carbons (Fsp3) is 0.600. The standard InChI is InChI=1S/C10H14ClNS2/c1-7-4-9(6-14-7)12-5-8-2-3-13-10(8)11/h2-3,7,9,12H,4-6H2,1H3. The second-order valence-corrected chi connectivity index (χ2v) is 6.67. The Hall–Kier alpha value is 0.300. The van der Waals surface area contributed by atoms with Gasteiger partial charge in [-0.1, -0.05) is 18.5 Å². The van der Waals surface area contributed by atoms with Crippen LogP contribution in [0, 0.1) is 0 Å². The maximum absolute atomic E-state index is 6.03. The van der Waals surface area contributed by atoms with E-state index in [1.807, 2.05) is 5.38 Å². The van der Waals surface area contributed by atoms with Crippen molar-refractivity contribution in [1.82, 2.24) is 5.32 Å². The summed E-state index contributed by atoms with van der Waals surface area (Å²) in [6, 6.07) is 2.77. The average molecular weight is 248 g/mol. The van der Waals surface area contributed by atoms with Crippen LogP contribution in [-0.2, 0) is 6.54 Å². The lowest BCUT2D eigenvalue weighted by molar-refractivity contribution is 0.539. The smallest absolute Gasteiger partial charge is 0.0973 e. The minimum Gasteiger partial charge on any atom is -0.309 e. The van der Waals surface area contributed by atoms with Crippen molar-refractivity contribution in [2.24, 2.45) is 0 Å². The van der Waals surface area contributed by atoms with Crippen LogP contribution >= 0.6 is 34.7 Å². The Balaban J connectivity index is 1.80. The minimum absolute atomic E-state index is 0.672. The van der Waals surface area contributed by atoms with Gasteiger partial charge in [-0.15, -0.1) is 11.3 Å². The quantitative estimate of drug-likeness (QED) is 0.879. The maximum Gasteiger partial charge on any atom is 0.0973 e. The SMILES string of the molecule is CC1CC(NCc2ccsc2Cl)CS1. The molecule has 1 aliphatic heterocycles. The number of rotatable bonds is 3. The van der Waals surface area contributed by atoms with Crippen molar-refractivity contribution in [2.75, 3.05) is 5.75 Å². The highest BCUT2D eigenvalue weighted by Gasteiger charge is 2.21. The van der Waals surface area contributed by atoms with Crippen LogP contribution in [0.4, 0.5) is 0 Å². The lowest BCUT2D eigenvalue weighted by Crippen LogP contribution is -2.28. The van der Waals surface area contributed by atoms with Crippen molar-refractivity contribution in [3.05, 3.63) is 21.3 Å². The van der Waals surface area contributed by atoms with Crippen LogP contribution in [0.2, 0.25) is 4.34 Å². The van der Waals surface area contributed by atoms with E-state index in [1.54, 1.807) is 11.3 Å². The van der Waals surface area contributed by atoms with E-state index in [0.717, 1.165) is 16.1 Å². The van der Waals surface area contributed by atoms with Gasteiger partial charge in [-0.25, -0.2) is 0 Å². The van der Waals surface area contributed by atoms with Gasteiger partial charge in [0.05, 0.1) is 4.34 Å². The van der Waals surface area contributed by atoms with Gasteiger partial charge in [0.25, 0.3) is 0 Å². The van der Waals surface area contributed by atoms with Crippen molar-refractivity contribution < 1.29 is 0 Å². The van der Waals surface area contributed by atoms with Crippen molar-refractivity contribution in [3.63, 3.8) is 0 Å². The molecule has 2 rings (SSSR count). The third-order valence-electron chi connectivity index (χ3n) is 2.47. The van der Waals surface area contributed by atoms with Gasteiger partial charge in [-0.2, -0.15) is 11.8 Å². The molecule has 0 amide bonds. The molecule has 1 N–H and O–H groups in total. The average Bonchev–Trinajstić information content (AvgIpc) is 2.72. The first-order chi connectivity index (χ1) is 6.75. The summed E-state index contributed by atoms with van der Waals surface area (Å²) in [7, 11) is 0. The lowest BCUT2D eigenvalue weighted by atomic mass is 10.2. The minimum atomic E-state index is 0.672. The maximum atomic E-state index is 6.03. The van der Waals surface area contributed by atoms with Gasteiger partial charge in [-0.3, -0.25) is 0 Å². The molecule has 1 aromatic rings. The first-order valence-electron chi connectivity index (χ1n) is 4.82. The fourth-order valence-corrected chi connectivity index (χ4v) is 3.77. The molecule has 1 nitrogen and oxygen atoms in total.